The van der Waals surface area contributed by atoms with Crippen LogP contribution in [0.5, 0.6) is 0 Å². The second-order valence-electron chi connectivity index (χ2n) is 3.62. The molecule has 2 aromatic heterocycles. The first-order valence-electron chi connectivity index (χ1n) is 5.19. The summed E-state index contributed by atoms with van der Waals surface area (Å²) in [7, 11) is 0. The van der Waals surface area contributed by atoms with E-state index >= 15 is 0 Å². The Labute approximate surface area is 131 Å². The maximum Gasteiger partial charge on any atom is 1.00 e. The van der Waals surface area contributed by atoms with Crippen LogP contribution < -0.4 is 40.9 Å². The van der Waals surface area contributed by atoms with Gasteiger partial charge in [-0.25, -0.2) is 4.98 Å². The Hall–Kier alpha value is -0.970. The Bertz CT molecular complexity index is 600. The number of aliphatic hydroxyl groups is 2. The van der Waals surface area contributed by atoms with Crippen molar-refractivity contribution < 1.29 is 45.9 Å². The molecule has 5 N–H and O–H groups in total. The molecule has 0 saturated heterocycles. The molecule has 19 heavy (non-hydrogen) atoms. The van der Waals surface area contributed by atoms with E-state index in [2.05, 4.69) is 15.0 Å². The fraction of sp³-hybridized carbons (Fsp3) is 0.444. The number of imidazole rings is 1. The van der Waals surface area contributed by atoms with Gasteiger partial charge in [-0.15, -0.1) is 0 Å². The van der Waals surface area contributed by atoms with Crippen molar-refractivity contribution in [3.8, 4) is 0 Å². The minimum absolute atomic E-state index is 0. The van der Waals surface area contributed by atoms with Crippen molar-refractivity contribution in [2.45, 2.75) is 12.8 Å². The maximum absolute atomic E-state index is 11.5. The van der Waals surface area contributed by atoms with E-state index in [1.165, 1.54) is 10.9 Å². The van der Waals surface area contributed by atoms with E-state index in [0.717, 1.165) is 0 Å². The second-order valence-corrected chi connectivity index (χ2v) is 3.62. The summed E-state index contributed by atoms with van der Waals surface area (Å²) in [4.78, 5) is 21.6. The Balaban J connectivity index is 0.00000180. The minimum atomic E-state index is -0.693. The first-order valence-corrected chi connectivity index (χ1v) is 5.19. The number of nitrogens with two attached hydrogens (primary N) is 1. The molecule has 2 rings (SSSR count). The molecule has 0 aromatic carbocycles. The molecule has 0 saturated carbocycles. The van der Waals surface area contributed by atoms with Gasteiger partial charge >= 0.3 is 29.6 Å². The van der Waals surface area contributed by atoms with Crippen LogP contribution in [0.3, 0.4) is 0 Å². The molecular formula is C9H14N5NaO4. The summed E-state index contributed by atoms with van der Waals surface area (Å²) in [5.74, 6) is -0.0184. The number of fused-ring (bicyclic) bond motifs is 1. The molecule has 2 heterocycles. The van der Waals surface area contributed by atoms with E-state index in [0.29, 0.717) is 0 Å². The fourth-order valence-corrected chi connectivity index (χ4v) is 1.41. The molecule has 0 aliphatic rings. The molecule has 0 aliphatic carbocycles. The Morgan fingerprint density at radius 3 is 2.84 bits per heavy atom. The van der Waals surface area contributed by atoms with Gasteiger partial charge < -0.3 is 22.1 Å². The number of aromatic amines is 1. The molecule has 0 aliphatic heterocycles. The molecule has 10 heteroatoms. The number of anilines is 1. The van der Waals surface area contributed by atoms with Gasteiger partial charge in [0.05, 0.1) is 19.5 Å². The van der Waals surface area contributed by atoms with Crippen molar-refractivity contribution in [1.82, 2.24) is 19.5 Å². The van der Waals surface area contributed by atoms with Crippen LogP contribution in [0.15, 0.2) is 11.1 Å². The molecule has 0 amide bonds. The van der Waals surface area contributed by atoms with Crippen molar-refractivity contribution in [3.05, 3.63) is 16.7 Å². The van der Waals surface area contributed by atoms with Crippen LogP contribution in [0.2, 0.25) is 0 Å². The molecule has 0 spiro atoms. The summed E-state index contributed by atoms with van der Waals surface area (Å²) in [5, 5.41) is 17.7. The fourth-order valence-electron chi connectivity index (χ4n) is 1.41. The van der Waals surface area contributed by atoms with Gasteiger partial charge in [-0.1, -0.05) is 0 Å². The van der Waals surface area contributed by atoms with Crippen molar-refractivity contribution in [2.75, 3.05) is 18.9 Å². The topological polar surface area (TPSA) is 139 Å². The predicted octanol–water partition coefficient (Wildman–Crippen LogP) is -4.85. The van der Waals surface area contributed by atoms with Crippen molar-refractivity contribution >= 4 is 17.1 Å². The monoisotopic (exact) mass is 279 g/mol. The third kappa shape index (κ3) is 3.53. The number of nitrogens with one attached hydrogen (secondary N) is 1. The zero-order valence-electron chi connectivity index (χ0n) is 11.4. The number of rotatable bonds is 5. The van der Waals surface area contributed by atoms with Crippen LogP contribution in [-0.2, 0) is 11.5 Å². The van der Waals surface area contributed by atoms with Gasteiger partial charge in [0.25, 0.3) is 5.56 Å². The van der Waals surface area contributed by atoms with E-state index in [1.807, 2.05) is 0 Å². The number of H-pyrrole nitrogens is 1. The van der Waals surface area contributed by atoms with E-state index in [1.54, 1.807) is 0 Å². The molecule has 0 bridgehead atoms. The maximum atomic E-state index is 11.5. The summed E-state index contributed by atoms with van der Waals surface area (Å²) < 4.78 is 6.66. The third-order valence-corrected chi connectivity index (χ3v) is 2.35. The largest absolute Gasteiger partial charge is 1.00 e. The van der Waals surface area contributed by atoms with Crippen LogP contribution >= 0.6 is 0 Å². The van der Waals surface area contributed by atoms with Crippen LogP contribution in [0.25, 0.3) is 11.2 Å². The van der Waals surface area contributed by atoms with Gasteiger partial charge in [-0.3, -0.25) is 14.3 Å². The van der Waals surface area contributed by atoms with Crippen LogP contribution in [0.1, 0.15) is 1.43 Å². The minimum Gasteiger partial charge on any atom is -1.00 e. The number of nitrogens with zero attached hydrogens (tertiary/aromatic N) is 3. The first kappa shape index (κ1) is 16.1. The summed E-state index contributed by atoms with van der Waals surface area (Å²) in [6.45, 7) is -0.614. The number of hydrogen-bond acceptors (Lipinski definition) is 7. The normalized spacial score (nSPS) is 10.9. The Morgan fingerprint density at radius 2 is 2.21 bits per heavy atom. The molecule has 9 nitrogen and oxygen atoms in total. The second kappa shape index (κ2) is 6.98. The van der Waals surface area contributed by atoms with Crippen LogP contribution in [0, 0.1) is 0 Å². The van der Waals surface area contributed by atoms with E-state index in [4.69, 9.17) is 20.7 Å². The van der Waals surface area contributed by atoms with E-state index in [9.17, 15) is 4.79 Å². The average molecular weight is 279 g/mol. The van der Waals surface area contributed by atoms with Gasteiger partial charge in [0.2, 0.25) is 5.95 Å². The van der Waals surface area contributed by atoms with Gasteiger partial charge in [0, 0.05) is 0 Å². The number of ether oxygens (including phenoxy) is 1. The number of nitrogen functional groups attached to an aromatic ring is 1. The molecular weight excluding hydrogens is 265 g/mol. The molecule has 0 radical (unpaired) electrons. The van der Waals surface area contributed by atoms with Crippen LogP contribution in [0.4, 0.5) is 5.95 Å². The predicted molar refractivity (Wildman–Crippen MR) is 62.7 cm³/mol. The summed E-state index contributed by atoms with van der Waals surface area (Å²) in [6, 6.07) is 0. The van der Waals surface area contributed by atoms with Gasteiger partial charge in [0.1, 0.15) is 12.8 Å². The van der Waals surface area contributed by atoms with Crippen molar-refractivity contribution in [2.24, 2.45) is 0 Å². The zero-order valence-corrected chi connectivity index (χ0v) is 12.4. The molecule has 0 atom stereocenters. The summed E-state index contributed by atoms with van der Waals surface area (Å²) in [6.07, 6.45) is 0.680. The molecule has 100 valence electrons. The number of hydrogen-bond donors (Lipinski definition) is 4. The molecule has 2 aromatic rings. The quantitative estimate of drug-likeness (QED) is 0.402. The zero-order chi connectivity index (χ0) is 13.1. The van der Waals surface area contributed by atoms with Crippen molar-refractivity contribution in [3.63, 3.8) is 0 Å². The SMILES string of the molecule is Nc1nc2c(ncn2COC(CO)CO)c(=O)[nH]1.[H-].[Na+]. The van der Waals surface area contributed by atoms with Crippen molar-refractivity contribution in [1.29, 1.82) is 0 Å². The summed E-state index contributed by atoms with van der Waals surface area (Å²) >= 11 is 0. The number of aromatic nitrogens is 4. The van der Waals surface area contributed by atoms with E-state index in [-0.39, 0.29) is 68.0 Å². The van der Waals surface area contributed by atoms with E-state index < -0.39 is 11.7 Å². The Kier molecular flexibility index (Phi) is 5.91. The average Bonchev–Trinajstić information content (AvgIpc) is 2.74. The summed E-state index contributed by atoms with van der Waals surface area (Å²) in [5.41, 5.74) is 5.43. The Morgan fingerprint density at radius 1 is 1.53 bits per heavy atom. The molecule has 0 unspecified atom stereocenters. The standard InChI is InChI=1S/C9H13N5O4.Na.H/c10-9-12-7-6(8(17)13-9)11-3-14(7)4-18-5(1-15)2-16;;/h3,5,15-16H,1-2,4H2,(H3,10,12,13,17);;/q;+1;-1. The first-order chi connectivity index (χ1) is 8.65. The van der Waals surface area contributed by atoms with Gasteiger partial charge in [-0.2, -0.15) is 4.98 Å². The smallest absolute Gasteiger partial charge is 1.00 e. The van der Waals surface area contributed by atoms with Gasteiger partial charge in [-0.05, 0) is 0 Å². The number of aliphatic hydroxyl groups excluding tert-OH is 2. The third-order valence-electron chi connectivity index (χ3n) is 2.35. The molecule has 0 fully saturated rings. The van der Waals surface area contributed by atoms with Crippen LogP contribution in [-0.4, -0.2) is 49.0 Å². The van der Waals surface area contributed by atoms with Gasteiger partial charge in [0.15, 0.2) is 11.2 Å².